The normalized spacial score (nSPS) is 19.5. The lowest BCUT2D eigenvalue weighted by Crippen LogP contribution is -2.44. The van der Waals surface area contributed by atoms with Crippen LogP contribution < -0.4 is 5.32 Å². The predicted molar refractivity (Wildman–Crippen MR) is 103 cm³/mol. The van der Waals surface area contributed by atoms with Crippen LogP contribution in [0.5, 0.6) is 0 Å². The molecule has 1 aliphatic carbocycles. The van der Waals surface area contributed by atoms with Crippen molar-refractivity contribution < 1.29 is 9.59 Å². The van der Waals surface area contributed by atoms with E-state index in [9.17, 15) is 9.59 Å². The maximum atomic E-state index is 12.8. The fourth-order valence-corrected chi connectivity index (χ4v) is 3.84. The molecule has 1 aromatic carbocycles. The molecular weight excluding hydrogens is 326 g/mol. The molecule has 26 heavy (non-hydrogen) atoms. The molecule has 1 aliphatic heterocycles. The van der Waals surface area contributed by atoms with Crippen LogP contribution in [0.3, 0.4) is 0 Å². The smallest absolute Gasteiger partial charge is 0.241 e. The average molecular weight is 357 g/mol. The fraction of sp³-hybridized carbons (Fsp3) is 0.619. The third-order valence-corrected chi connectivity index (χ3v) is 5.67. The molecule has 1 saturated carbocycles. The van der Waals surface area contributed by atoms with Crippen LogP contribution in [0, 0.1) is 18.8 Å². The van der Waals surface area contributed by atoms with Crippen LogP contribution in [0.15, 0.2) is 24.3 Å². The molecule has 1 heterocycles. The summed E-state index contributed by atoms with van der Waals surface area (Å²) in [6, 6.07) is 7.79. The van der Waals surface area contributed by atoms with E-state index in [1.165, 1.54) is 0 Å². The van der Waals surface area contributed by atoms with Gasteiger partial charge in [-0.15, -0.1) is 0 Å². The van der Waals surface area contributed by atoms with Gasteiger partial charge in [-0.2, -0.15) is 0 Å². The standard InChI is InChI=1S/C21H31N3O2/c1-15-6-4-5-7-18(15)19(23(2)3)20(25)22-14-16-10-12-24(13-11-16)21(26)17-8-9-17/h4-7,16-17,19H,8-14H2,1-3H3,(H,22,25). The summed E-state index contributed by atoms with van der Waals surface area (Å²) >= 11 is 0. The number of piperidine rings is 1. The Hall–Kier alpha value is -1.88. The first-order valence-corrected chi connectivity index (χ1v) is 9.76. The van der Waals surface area contributed by atoms with E-state index in [2.05, 4.69) is 5.32 Å². The van der Waals surface area contributed by atoms with Crippen LogP contribution in [0.2, 0.25) is 0 Å². The molecule has 1 atom stereocenters. The van der Waals surface area contributed by atoms with Gasteiger partial charge in [-0.25, -0.2) is 0 Å². The number of nitrogens with one attached hydrogen (secondary N) is 1. The molecule has 2 aliphatic rings. The van der Waals surface area contributed by atoms with Gasteiger partial charge in [0, 0.05) is 25.6 Å². The van der Waals surface area contributed by atoms with E-state index in [1.54, 1.807) is 0 Å². The van der Waals surface area contributed by atoms with E-state index in [1.807, 2.05) is 55.1 Å². The maximum absolute atomic E-state index is 12.8. The Balaban J connectivity index is 1.51. The van der Waals surface area contributed by atoms with Crippen molar-refractivity contribution >= 4 is 11.8 Å². The van der Waals surface area contributed by atoms with Crippen molar-refractivity contribution in [1.29, 1.82) is 0 Å². The first-order chi connectivity index (χ1) is 12.5. The zero-order chi connectivity index (χ0) is 18.7. The molecule has 0 bridgehead atoms. The van der Waals surface area contributed by atoms with E-state index >= 15 is 0 Å². The van der Waals surface area contributed by atoms with Gasteiger partial charge in [-0.1, -0.05) is 24.3 Å². The number of hydrogen-bond acceptors (Lipinski definition) is 3. The van der Waals surface area contributed by atoms with E-state index in [4.69, 9.17) is 0 Å². The van der Waals surface area contributed by atoms with Gasteiger partial charge in [0.05, 0.1) is 0 Å². The summed E-state index contributed by atoms with van der Waals surface area (Å²) in [6.07, 6.45) is 4.10. The summed E-state index contributed by atoms with van der Waals surface area (Å²) in [5.41, 5.74) is 2.19. The molecule has 0 spiro atoms. The second kappa shape index (κ2) is 8.21. The molecule has 2 fully saturated rings. The number of aryl methyl sites for hydroxylation is 1. The summed E-state index contributed by atoms with van der Waals surface area (Å²) in [7, 11) is 3.89. The minimum absolute atomic E-state index is 0.0563. The lowest BCUT2D eigenvalue weighted by molar-refractivity contribution is -0.134. The van der Waals surface area contributed by atoms with Gasteiger partial charge in [-0.3, -0.25) is 14.5 Å². The summed E-state index contributed by atoms with van der Waals surface area (Å²) in [6.45, 7) is 4.42. The number of rotatable bonds is 6. The Bertz CT molecular complexity index is 646. The molecule has 5 nitrogen and oxygen atoms in total. The lowest BCUT2D eigenvalue weighted by atomic mass is 9.95. The van der Waals surface area contributed by atoms with Crippen LogP contribution in [0.25, 0.3) is 0 Å². The second-order valence-corrected chi connectivity index (χ2v) is 8.01. The van der Waals surface area contributed by atoms with Crippen LogP contribution in [-0.2, 0) is 9.59 Å². The van der Waals surface area contributed by atoms with Crippen LogP contribution in [0.4, 0.5) is 0 Å². The minimum Gasteiger partial charge on any atom is -0.354 e. The highest BCUT2D eigenvalue weighted by Crippen LogP contribution is 2.32. The molecule has 1 aromatic rings. The van der Waals surface area contributed by atoms with E-state index in [0.29, 0.717) is 24.3 Å². The predicted octanol–water partition coefficient (Wildman–Crippen LogP) is 2.36. The highest BCUT2D eigenvalue weighted by Gasteiger charge is 2.35. The number of likely N-dealkylation sites (N-methyl/N-ethyl adjacent to an activating group) is 1. The van der Waals surface area contributed by atoms with Gasteiger partial charge < -0.3 is 10.2 Å². The Morgan fingerprint density at radius 2 is 1.81 bits per heavy atom. The van der Waals surface area contributed by atoms with Crippen LogP contribution in [0.1, 0.15) is 42.9 Å². The fourth-order valence-electron chi connectivity index (χ4n) is 3.84. The Morgan fingerprint density at radius 1 is 1.15 bits per heavy atom. The maximum Gasteiger partial charge on any atom is 0.241 e. The third kappa shape index (κ3) is 4.44. The third-order valence-electron chi connectivity index (χ3n) is 5.67. The number of hydrogen-bond donors (Lipinski definition) is 1. The Labute approximate surface area is 156 Å². The molecule has 2 amide bonds. The average Bonchev–Trinajstić information content (AvgIpc) is 3.46. The SMILES string of the molecule is Cc1ccccc1C(C(=O)NCC1CCN(C(=O)C2CC2)CC1)N(C)C. The van der Waals surface area contributed by atoms with Gasteiger partial charge in [0.15, 0.2) is 0 Å². The highest BCUT2D eigenvalue weighted by molar-refractivity contribution is 5.83. The summed E-state index contributed by atoms with van der Waals surface area (Å²) < 4.78 is 0. The van der Waals surface area contributed by atoms with Crippen molar-refractivity contribution in [2.45, 2.75) is 38.6 Å². The molecule has 3 rings (SSSR count). The highest BCUT2D eigenvalue weighted by atomic mass is 16.2. The molecule has 1 unspecified atom stereocenters. The molecular formula is C21H31N3O2. The summed E-state index contributed by atoms with van der Waals surface area (Å²) in [5, 5.41) is 3.15. The number of carbonyl (C=O) groups excluding carboxylic acids is 2. The molecule has 0 radical (unpaired) electrons. The van der Waals surface area contributed by atoms with Crippen molar-refractivity contribution in [3.8, 4) is 0 Å². The zero-order valence-corrected chi connectivity index (χ0v) is 16.2. The number of nitrogens with zero attached hydrogens (tertiary/aromatic N) is 2. The van der Waals surface area contributed by atoms with Gasteiger partial charge in [-0.05, 0) is 63.7 Å². The Kier molecular flexibility index (Phi) is 5.97. The quantitative estimate of drug-likeness (QED) is 0.850. The molecule has 1 saturated heterocycles. The Morgan fingerprint density at radius 3 is 2.38 bits per heavy atom. The summed E-state index contributed by atoms with van der Waals surface area (Å²) in [4.78, 5) is 29.0. The van der Waals surface area contributed by atoms with Crippen molar-refractivity contribution in [3.05, 3.63) is 35.4 Å². The first kappa shape index (κ1) is 18.9. The van der Waals surface area contributed by atoms with Crippen molar-refractivity contribution in [2.75, 3.05) is 33.7 Å². The molecule has 5 heteroatoms. The largest absolute Gasteiger partial charge is 0.354 e. The van der Waals surface area contributed by atoms with Crippen LogP contribution in [-0.4, -0.2) is 55.3 Å². The van der Waals surface area contributed by atoms with Crippen molar-refractivity contribution in [1.82, 2.24) is 15.1 Å². The zero-order valence-electron chi connectivity index (χ0n) is 16.2. The van der Waals surface area contributed by atoms with Crippen LogP contribution >= 0.6 is 0 Å². The van der Waals surface area contributed by atoms with Gasteiger partial charge in [0.2, 0.25) is 11.8 Å². The lowest BCUT2D eigenvalue weighted by Gasteiger charge is -2.33. The number of likely N-dealkylation sites (tertiary alicyclic amines) is 1. The minimum atomic E-state index is -0.271. The number of amides is 2. The number of benzene rings is 1. The van der Waals surface area contributed by atoms with Gasteiger partial charge in [0.25, 0.3) is 0 Å². The molecule has 0 aromatic heterocycles. The van der Waals surface area contributed by atoms with Gasteiger partial charge >= 0.3 is 0 Å². The summed E-state index contributed by atoms with van der Waals surface area (Å²) in [5.74, 6) is 1.17. The monoisotopic (exact) mass is 357 g/mol. The van der Waals surface area contributed by atoms with E-state index in [0.717, 1.165) is 49.9 Å². The topological polar surface area (TPSA) is 52.7 Å². The van der Waals surface area contributed by atoms with E-state index in [-0.39, 0.29) is 11.9 Å². The molecule has 1 N–H and O–H groups in total. The van der Waals surface area contributed by atoms with Gasteiger partial charge in [0.1, 0.15) is 6.04 Å². The first-order valence-electron chi connectivity index (χ1n) is 9.76. The molecule has 142 valence electrons. The van der Waals surface area contributed by atoms with Crippen molar-refractivity contribution in [2.24, 2.45) is 11.8 Å². The van der Waals surface area contributed by atoms with E-state index < -0.39 is 0 Å². The van der Waals surface area contributed by atoms with Crippen molar-refractivity contribution in [3.63, 3.8) is 0 Å². The number of carbonyl (C=O) groups is 2. The second-order valence-electron chi connectivity index (χ2n) is 8.01.